The minimum Gasteiger partial charge on any atom is -0.464 e. The summed E-state index contributed by atoms with van der Waals surface area (Å²) < 4.78 is 27.8. The van der Waals surface area contributed by atoms with Crippen molar-refractivity contribution in [1.82, 2.24) is 25.4 Å². The maximum atomic E-state index is 16.7. The van der Waals surface area contributed by atoms with Crippen LogP contribution in [-0.4, -0.2) is 38.8 Å². The first kappa shape index (κ1) is 26.5. The number of hydrogen-bond acceptors (Lipinski definition) is 7. The van der Waals surface area contributed by atoms with Gasteiger partial charge in [0.05, 0.1) is 18.1 Å². The lowest BCUT2D eigenvalue weighted by Crippen LogP contribution is -2.63. The van der Waals surface area contributed by atoms with Gasteiger partial charge in [-0.15, -0.1) is 0 Å². The Morgan fingerprint density at radius 3 is 2.41 bits per heavy atom. The highest BCUT2D eigenvalue weighted by molar-refractivity contribution is 5.86. The van der Waals surface area contributed by atoms with Crippen LogP contribution in [0.4, 0.5) is 4.39 Å². The maximum absolute atomic E-state index is 16.7. The van der Waals surface area contributed by atoms with Crippen LogP contribution < -0.4 is 10.1 Å². The van der Waals surface area contributed by atoms with E-state index >= 15 is 4.39 Å². The molecule has 1 aromatic carbocycles. The third kappa shape index (κ3) is 4.17. The number of nitrogens with zero attached hydrogens (tertiary/aromatic N) is 4. The Morgan fingerprint density at radius 1 is 1.10 bits per heavy atom. The fourth-order valence-electron chi connectivity index (χ4n) is 7.88. The van der Waals surface area contributed by atoms with Gasteiger partial charge in [0.15, 0.2) is 5.82 Å². The average molecular weight is 560 g/mol. The first-order valence-corrected chi connectivity index (χ1v) is 15.1. The third-order valence-corrected chi connectivity index (χ3v) is 10.6. The van der Waals surface area contributed by atoms with Crippen LogP contribution in [0.15, 0.2) is 41.2 Å². The fraction of sp³-hybridized carbons (Fsp3) is 0.594. The van der Waals surface area contributed by atoms with Gasteiger partial charge < -0.3 is 14.6 Å². The monoisotopic (exact) mass is 559 g/mol. The summed E-state index contributed by atoms with van der Waals surface area (Å²) in [6.07, 6.45) is 8.39. The Bertz CT molecular complexity index is 1430. The van der Waals surface area contributed by atoms with Crippen LogP contribution in [0.5, 0.6) is 6.01 Å². The SMILES string of the molecule is CCOc1ncc(-c2cccc(C(NC(=O)C34CC(C3)C4)C34CCC(c5nc(C(C)C)no5)(CC3)CC4F)c2)cn1. The van der Waals surface area contributed by atoms with Crippen molar-refractivity contribution in [1.29, 1.82) is 0 Å². The number of aromatic nitrogens is 4. The quantitative estimate of drug-likeness (QED) is 0.331. The molecule has 0 spiro atoms. The van der Waals surface area contributed by atoms with E-state index in [-0.39, 0.29) is 17.2 Å². The Hall–Kier alpha value is -3.36. The van der Waals surface area contributed by atoms with Crippen LogP contribution in [0, 0.1) is 16.7 Å². The molecule has 6 saturated carbocycles. The second-order valence-electron chi connectivity index (χ2n) is 13.3. The average Bonchev–Trinajstić information content (AvgIpc) is 3.43. The molecule has 9 heteroatoms. The Balaban J connectivity index is 1.21. The Morgan fingerprint density at radius 2 is 1.83 bits per heavy atom. The summed E-state index contributed by atoms with van der Waals surface area (Å²) in [6, 6.07) is 7.97. The van der Waals surface area contributed by atoms with Gasteiger partial charge in [-0.25, -0.2) is 14.4 Å². The van der Waals surface area contributed by atoms with Gasteiger partial charge in [0, 0.05) is 34.7 Å². The van der Waals surface area contributed by atoms with Gasteiger partial charge in [0.2, 0.25) is 11.8 Å². The first-order valence-electron chi connectivity index (χ1n) is 15.1. The van der Waals surface area contributed by atoms with Crippen molar-refractivity contribution in [2.45, 2.75) is 95.7 Å². The van der Waals surface area contributed by atoms with Crippen LogP contribution in [0.1, 0.15) is 101 Å². The van der Waals surface area contributed by atoms with Gasteiger partial charge in [-0.1, -0.05) is 37.2 Å². The largest absolute Gasteiger partial charge is 0.464 e. The van der Waals surface area contributed by atoms with Crippen LogP contribution in [0.25, 0.3) is 11.1 Å². The molecular weight excluding hydrogens is 521 g/mol. The first-order chi connectivity index (χ1) is 19.8. The molecule has 0 saturated heterocycles. The molecule has 6 aliphatic carbocycles. The van der Waals surface area contributed by atoms with E-state index in [4.69, 9.17) is 14.2 Å². The molecule has 1 N–H and O–H groups in total. The van der Waals surface area contributed by atoms with Crippen LogP contribution >= 0.6 is 0 Å². The molecule has 9 rings (SSSR count). The van der Waals surface area contributed by atoms with Gasteiger partial charge in [-0.05, 0) is 81.4 Å². The summed E-state index contributed by atoms with van der Waals surface area (Å²) in [5, 5.41) is 7.61. The predicted octanol–water partition coefficient (Wildman–Crippen LogP) is 6.25. The molecule has 2 unspecified atom stereocenters. The highest BCUT2D eigenvalue weighted by Crippen LogP contribution is 2.66. The fourth-order valence-corrected chi connectivity index (χ4v) is 7.88. The van der Waals surface area contributed by atoms with Gasteiger partial charge in [-0.2, -0.15) is 4.98 Å². The number of carbonyl (C=O) groups excluding carboxylic acids is 1. The number of alkyl halides is 1. The summed E-state index contributed by atoms with van der Waals surface area (Å²) in [7, 11) is 0. The topological polar surface area (TPSA) is 103 Å². The van der Waals surface area contributed by atoms with Crippen molar-refractivity contribution in [3.63, 3.8) is 0 Å². The lowest BCUT2D eigenvalue weighted by Gasteiger charge is -2.61. The van der Waals surface area contributed by atoms with E-state index in [9.17, 15) is 4.79 Å². The Labute approximate surface area is 239 Å². The number of nitrogens with one attached hydrogen (secondary N) is 1. The standard InChI is InChI=1S/C32H38FN5O3/c1-4-40-29-34-17-23(18-35-29)21-6-5-7-22(12-21)25(36-27(39)31-13-20(14-31)15-31)32-10-8-30(9-11-32,16-24(32)33)28-37-26(19(2)3)38-41-28/h5-7,12,17-20,24-25H,4,8-11,13-16H2,1-3H3,(H,36,39). The minimum atomic E-state index is -1.12. The molecule has 2 heterocycles. The number of hydrogen-bond donors (Lipinski definition) is 1. The van der Waals surface area contributed by atoms with Gasteiger partial charge >= 0.3 is 6.01 Å². The zero-order chi connectivity index (χ0) is 28.4. The number of amides is 1. The molecule has 6 fully saturated rings. The number of fused-ring (bicyclic) bond motifs is 3. The van der Waals surface area contributed by atoms with Crippen LogP contribution in [-0.2, 0) is 10.2 Å². The van der Waals surface area contributed by atoms with E-state index in [1.165, 1.54) is 0 Å². The molecule has 41 heavy (non-hydrogen) atoms. The second kappa shape index (κ2) is 9.60. The van der Waals surface area contributed by atoms with Crippen LogP contribution in [0.3, 0.4) is 0 Å². The van der Waals surface area contributed by atoms with Crippen molar-refractivity contribution in [3.8, 4) is 17.1 Å². The number of rotatable bonds is 9. The summed E-state index contributed by atoms with van der Waals surface area (Å²) in [5.41, 5.74) is 1.30. The van der Waals surface area contributed by atoms with Crippen molar-refractivity contribution < 1.29 is 18.4 Å². The molecule has 2 atom stereocenters. The van der Waals surface area contributed by atoms with E-state index in [2.05, 4.69) is 26.5 Å². The number of carbonyl (C=O) groups is 1. The molecule has 4 bridgehead atoms. The molecular formula is C32H38FN5O3. The van der Waals surface area contributed by atoms with Crippen molar-refractivity contribution in [3.05, 3.63) is 53.9 Å². The highest BCUT2D eigenvalue weighted by Gasteiger charge is 2.64. The van der Waals surface area contributed by atoms with Gasteiger partial charge in [-0.3, -0.25) is 4.79 Å². The normalized spacial score (nSPS) is 32.2. The van der Waals surface area contributed by atoms with E-state index in [1.54, 1.807) is 12.4 Å². The summed E-state index contributed by atoms with van der Waals surface area (Å²) in [6.45, 7) is 6.45. The lowest BCUT2D eigenvalue weighted by atomic mass is 9.44. The highest BCUT2D eigenvalue weighted by atomic mass is 19.1. The molecule has 2 aromatic heterocycles. The zero-order valence-corrected chi connectivity index (χ0v) is 24.0. The second-order valence-corrected chi connectivity index (χ2v) is 13.3. The number of ether oxygens (including phenoxy) is 1. The molecule has 6 aliphatic rings. The molecule has 0 aliphatic heterocycles. The lowest BCUT2D eigenvalue weighted by molar-refractivity contribution is -0.169. The van der Waals surface area contributed by atoms with E-state index in [0.29, 0.717) is 49.5 Å². The minimum absolute atomic E-state index is 0.0854. The number of benzene rings is 1. The molecule has 216 valence electrons. The molecule has 8 nitrogen and oxygen atoms in total. The molecule has 0 radical (unpaired) electrons. The number of halogens is 1. The van der Waals surface area contributed by atoms with Crippen LogP contribution in [0.2, 0.25) is 0 Å². The van der Waals surface area contributed by atoms with Gasteiger partial charge in [0.1, 0.15) is 6.17 Å². The smallest absolute Gasteiger partial charge is 0.316 e. The Kier molecular flexibility index (Phi) is 6.21. The maximum Gasteiger partial charge on any atom is 0.316 e. The van der Waals surface area contributed by atoms with E-state index in [1.807, 2.05) is 39.0 Å². The molecule has 1 amide bonds. The van der Waals surface area contributed by atoms with Crippen molar-refractivity contribution in [2.24, 2.45) is 16.7 Å². The molecule has 3 aromatic rings. The van der Waals surface area contributed by atoms with E-state index < -0.39 is 23.0 Å². The zero-order valence-electron chi connectivity index (χ0n) is 24.0. The van der Waals surface area contributed by atoms with Crippen molar-refractivity contribution in [2.75, 3.05) is 6.61 Å². The summed E-state index contributed by atoms with van der Waals surface area (Å²) in [5.74, 6) is 2.17. The predicted molar refractivity (Wildman–Crippen MR) is 150 cm³/mol. The van der Waals surface area contributed by atoms with E-state index in [0.717, 1.165) is 48.8 Å². The van der Waals surface area contributed by atoms with Crippen molar-refractivity contribution >= 4 is 5.91 Å². The summed E-state index contributed by atoms with van der Waals surface area (Å²) >= 11 is 0. The van der Waals surface area contributed by atoms with Gasteiger partial charge in [0.25, 0.3) is 0 Å². The summed E-state index contributed by atoms with van der Waals surface area (Å²) in [4.78, 5) is 27.0. The third-order valence-electron chi connectivity index (χ3n) is 10.6.